The average molecular weight is 282 g/mol. The Morgan fingerprint density at radius 2 is 1.79 bits per heavy atom. The summed E-state index contributed by atoms with van der Waals surface area (Å²) >= 11 is 0. The van der Waals surface area contributed by atoms with Gasteiger partial charge < -0.3 is 9.84 Å². The minimum absolute atomic E-state index is 0.0283. The number of esters is 1. The van der Waals surface area contributed by atoms with Crippen LogP contribution in [0.25, 0.3) is 5.57 Å². The zero-order valence-corrected chi connectivity index (χ0v) is 11.4. The fraction of sp³-hybridized carbons (Fsp3) is 0.308. The Hall–Kier alpha value is -1.82. The number of thiol groups is 1. The van der Waals surface area contributed by atoms with Gasteiger partial charge in [0.1, 0.15) is 16.3 Å². The molecule has 1 aliphatic heterocycles. The van der Waals surface area contributed by atoms with E-state index in [0.29, 0.717) is 16.7 Å². The summed E-state index contributed by atoms with van der Waals surface area (Å²) in [5, 5.41) is 9.77. The van der Waals surface area contributed by atoms with Gasteiger partial charge >= 0.3 is 5.97 Å². The summed E-state index contributed by atoms with van der Waals surface area (Å²) in [4.78, 5) is 11.4. The van der Waals surface area contributed by atoms with Crippen LogP contribution in [0.1, 0.15) is 25.0 Å². The molecule has 0 saturated heterocycles. The molecule has 6 heteroatoms. The molecule has 0 spiro atoms. The molecule has 1 N–H and O–H groups in total. The molecule has 1 aliphatic rings. The van der Waals surface area contributed by atoms with Crippen molar-refractivity contribution in [3.8, 4) is 0 Å². The number of cyclic esters (lactones) is 1. The number of rotatable bonds is 3. The smallest absolute Gasteiger partial charge is 0.374 e. The number of hydrogen-bond acceptors (Lipinski definition) is 5. The van der Waals surface area contributed by atoms with Crippen molar-refractivity contribution in [1.29, 1.82) is 0 Å². The zero-order valence-electron chi connectivity index (χ0n) is 10.5. The standard InChI is InChI=1S/C13H14O5S/c1-13(2)10(11(14)12(15)18-13)9-5-3-8(4-6-9)7-19(16)17/h3-6,14,19H,7H2,1-2H3. The van der Waals surface area contributed by atoms with E-state index in [-0.39, 0.29) is 5.75 Å². The third-order valence-corrected chi connectivity index (χ3v) is 3.56. The lowest BCUT2D eigenvalue weighted by Crippen LogP contribution is -2.22. The van der Waals surface area contributed by atoms with E-state index in [0.717, 1.165) is 0 Å². The molecule has 1 heterocycles. The minimum Gasteiger partial charge on any atom is -0.502 e. The first-order valence-electron chi connectivity index (χ1n) is 5.69. The molecule has 1 aromatic carbocycles. The van der Waals surface area contributed by atoms with Crippen LogP contribution in [0.5, 0.6) is 0 Å². The fourth-order valence-electron chi connectivity index (χ4n) is 2.13. The first-order valence-corrected chi connectivity index (χ1v) is 7.06. The van der Waals surface area contributed by atoms with E-state index in [4.69, 9.17) is 4.74 Å². The van der Waals surface area contributed by atoms with Gasteiger partial charge in [-0.1, -0.05) is 24.3 Å². The molecule has 0 atom stereocenters. The van der Waals surface area contributed by atoms with E-state index in [1.54, 1.807) is 38.1 Å². The minimum atomic E-state index is -2.47. The van der Waals surface area contributed by atoms with Gasteiger partial charge in [0.15, 0.2) is 0 Å². The first kappa shape index (κ1) is 13.6. The zero-order chi connectivity index (χ0) is 14.2. The lowest BCUT2D eigenvalue weighted by atomic mass is 9.91. The summed E-state index contributed by atoms with van der Waals surface area (Å²) in [7, 11) is -2.47. The molecule has 0 bridgehead atoms. The molecule has 0 radical (unpaired) electrons. The van der Waals surface area contributed by atoms with Crippen molar-refractivity contribution in [1.82, 2.24) is 0 Å². The largest absolute Gasteiger partial charge is 0.502 e. The predicted molar refractivity (Wildman–Crippen MR) is 70.2 cm³/mol. The van der Waals surface area contributed by atoms with Crippen molar-refractivity contribution in [2.45, 2.75) is 25.2 Å². The van der Waals surface area contributed by atoms with Gasteiger partial charge in [0.05, 0.1) is 11.3 Å². The van der Waals surface area contributed by atoms with Gasteiger partial charge in [-0.2, -0.15) is 0 Å². The van der Waals surface area contributed by atoms with Crippen LogP contribution in [0.3, 0.4) is 0 Å². The van der Waals surface area contributed by atoms with Crippen LogP contribution in [0, 0.1) is 0 Å². The van der Waals surface area contributed by atoms with Gasteiger partial charge in [-0.25, -0.2) is 13.2 Å². The summed E-state index contributed by atoms with van der Waals surface area (Å²) in [5.41, 5.74) is 0.809. The van der Waals surface area contributed by atoms with Crippen LogP contribution in [0.2, 0.25) is 0 Å². The van der Waals surface area contributed by atoms with Crippen molar-refractivity contribution in [3.63, 3.8) is 0 Å². The van der Waals surface area contributed by atoms with Gasteiger partial charge in [0.25, 0.3) is 0 Å². The molecule has 0 fully saturated rings. The summed E-state index contributed by atoms with van der Waals surface area (Å²) in [6, 6.07) is 6.64. The normalized spacial score (nSPS) is 17.9. The number of carbonyl (C=O) groups is 1. The maximum Gasteiger partial charge on any atom is 0.374 e. The SMILES string of the molecule is CC1(C)OC(=O)C(O)=C1c1ccc(C[SH](=O)=O)cc1. The molecule has 0 saturated carbocycles. The summed E-state index contributed by atoms with van der Waals surface area (Å²) < 4.78 is 26.3. The second kappa shape index (κ2) is 4.70. The molecular formula is C13H14O5S. The number of aliphatic hydroxyl groups excluding tert-OH is 1. The highest BCUT2D eigenvalue weighted by molar-refractivity contribution is 7.71. The van der Waals surface area contributed by atoms with Gasteiger partial charge in [0, 0.05) is 0 Å². The average Bonchev–Trinajstić information content (AvgIpc) is 2.49. The topological polar surface area (TPSA) is 80.7 Å². The number of benzene rings is 1. The Labute approximate surface area is 112 Å². The van der Waals surface area contributed by atoms with Crippen LogP contribution in [0.4, 0.5) is 0 Å². The number of hydrogen-bond donors (Lipinski definition) is 2. The molecule has 0 aliphatic carbocycles. The van der Waals surface area contributed by atoms with Gasteiger partial charge in [-0.15, -0.1) is 0 Å². The molecule has 5 nitrogen and oxygen atoms in total. The molecule has 0 aromatic heterocycles. The maximum absolute atomic E-state index is 11.4. The molecule has 102 valence electrons. The highest BCUT2D eigenvalue weighted by Crippen LogP contribution is 2.38. The van der Waals surface area contributed by atoms with Crippen molar-refractivity contribution in [2.75, 3.05) is 0 Å². The number of aliphatic hydroxyl groups is 1. The summed E-state index contributed by atoms with van der Waals surface area (Å²) in [6.45, 7) is 3.37. The summed E-state index contributed by atoms with van der Waals surface area (Å²) in [5.74, 6) is -1.17. The first-order chi connectivity index (χ1) is 8.81. The van der Waals surface area contributed by atoms with Crippen LogP contribution >= 0.6 is 0 Å². The van der Waals surface area contributed by atoms with Gasteiger partial charge in [0.2, 0.25) is 5.76 Å². The van der Waals surface area contributed by atoms with Crippen LogP contribution < -0.4 is 0 Å². The highest BCUT2D eigenvalue weighted by atomic mass is 32.2. The number of carbonyl (C=O) groups excluding carboxylic acids is 1. The lowest BCUT2D eigenvalue weighted by molar-refractivity contribution is -0.146. The van der Waals surface area contributed by atoms with E-state index in [9.17, 15) is 18.3 Å². The number of ether oxygens (including phenoxy) is 1. The molecule has 2 rings (SSSR count). The van der Waals surface area contributed by atoms with Crippen LogP contribution in [0.15, 0.2) is 30.0 Å². The molecule has 19 heavy (non-hydrogen) atoms. The monoisotopic (exact) mass is 282 g/mol. The highest BCUT2D eigenvalue weighted by Gasteiger charge is 2.41. The Morgan fingerprint density at radius 1 is 1.21 bits per heavy atom. The van der Waals surface area contributed by atoms with Crippen molar-refractivity contribution >= 4 is 22.2 Å². The lowest BCUT2D eigenvalue weighted by Gasteiger charge is -2.20. The van der Waals surface area contributed by atoms with Gasteiger partial charge in [-0.3, -0.25) is 0 Å². The maximum atomic E-state index is 11.4. The van der Waals surface area contributed by atoms with E-state index < -0.39 is 28.0 Å². The van der Waals surface area contributed by atoms with Gasteiger partial charge in [-0.05, 0) is 25.0 Å². The third-order valence-electron chi connectivity index (χ3n) is 2.93. The molecule has 1 aromatic rings. The Morgan fingerprint density at radius 3 is 2.21 bits per heavy atom. The Kier molecular flexibility index (Phi) is 3.36. The van der Waals surface area contributed by atoms with E-state index in [1.807, 2.05) is 0 Å². The second-order valence-corrected chi connectivity index (χ2v) is 5.79. The van der Waals surface area contributed by atoms with Crippen molar-refractivity contribution < 1.29 is 23.1 Å². The predicted octanol–water partition coefficient (Wildman–Crippen LogP) is 1.40. The van der Waals surface area contributed by atoms with Crippen molar-refractivity contribution in [3.05, 3.63) is 41.2 Å². The Bertz CT molecular complexity index is 615. The second-order valence-electron chi connectivity index (χ2n) is 4.81. The molecule has 0 amide bonds. The van der Waals surface area contributed by atoms with E-state index in [1.165, 1.54) is 0 Å². The van der Waals surface area contributed by atoms with Crippen LogP contribution in [-0.4, -0.2) is 25.1 Å². The van der Waals surface area contributed by atoms with E-state index in [2.05, 4.69) is 0 Å². The molecular weight excluding hydrogens is 268 g/mol. The third kappa shape index (κ3) is 2.63. The Balaban J connectivity index is 2.40. The van der Waals surface area contributed by atoms with Crippen LogP contribution in [-0.2, 0) is 26.0 Å². The van der Waals surface area contributed by atoms with E-state index >= 15 is 0 Å². The fourth-order valence-corrected chi connectivity index (χ4v) is 2.64. The summed E-state index contributed by atoms with van der Waals surface area (Å²) in [6.07, 6.45) is 0. The molecule has 0 unspecified atom stereocenters. The van der Waals surface area contributed by atoms with Crippen molar-refractivity contribution in [2.24, 2.45) is 0 Å². The quantitative estimate of drug-likeness (QED) is 0.647.